The van der Waals surface area contributed by atoms with Gasteiger partial charge >= 0.3 is 10.1 Å². The van der Waals surface area contributed by atoms with Crippen LogP contribution in [0.15, 0.2) is 107 Å². The first-order valence-electron chi connectivity index (χ1n) is 10.7. The Morgan fingerprint density at radius 1 is 0.800 bits per heavy atom. The van der Waals surface area contributed by atoms with Crippen LogP contribution in [0.1, 0.15) is 11.1 Å². The van der Waals surface area contributed by atoms with E-state index in [1.807, 2.05) is 54.6 Å². The highest BCUT2D eigenvalue weighted by atomic mass is 32.2. The van der Waals surface area contributed by atoms with Crippen LogP contribution in [0.2, 0.25) is 0 Å². The molecule has 1 aliphatic heterocycles. The van der Waals surface area contributed by atoms with Crippen LogP contribution in [0.3, 0.4) is 0 Å². The Morgan fingerprint density at radius 2 is 1.49 bits per heavy atom. The molecule has 0 aromatic heterocycles. The van der Waals surface area contributed by atoms with Gasteiger partial charge in [-0.05, 0) is 52.4 Å². The Morgan fingerprint density at radius 3 is 2.29 bits per heavy atom. The molecule has 4 aromatic carbocycles. The highest BCUT2D eigenvalue weighted by Crippen LogP contribution is 2.35. The first kappa shape index (κ1) is 22.9. The lowest BCUT2D eigenvalue weighted by Crippen LogP contribution is -2.27. The van der Waals surface area contributed by atoms with E-state index in [0.717, 1.165) is 28.1 Å². The fourth-order valence-electron chi connectivity index (χ4n) is 3.71. The van der Waals surface area contributed by atoms with Crippen LogP contribution in [-0.4, -0.2) is 24.5 Å². The monoisotopic (exact) mass is 501 g/mol. The van der Waals surface area contributed by atoms with Gasteiger partial charge in [-0.2, -0.15) is 8.42 Å². The van der Waals surface area contributed by atoms with Crippen molar-refractivity contribution in [3.05, 3.63) is 113 Å². The number of para-hydroxylation sites is 1. The maximum absolute atomic E-state index is 13.0. The summed E-state index contributed by atoms with van der Waals surface area (Å²) in [7, 11) is -4.14. The van der Waals surface area contributed by atoms with Gasteiger partial charge in [0.1, 0.15) is 10.6 Å². The molecule has 0 saturated carbocycles. The SMILES string of the molecule is O=C1S/C(=C\c2ccccc2OS(=O)(=O)c2ccc3ccccc3c2)C(=O)N1Cc1ccccc1. The second kappa shape index (κ2) is 9.40. The molecule has 1 heterocycles. The van der Waals surface area contributed by atoms with Crippen molar-refractivity contribution in [1.82, 2.24) is 4.90 Å². The molecule has 8 heteroatoms. The molecule has 1 fully saturated rings. The van der Waals surface area contributed by atoms with Gasteiger partial charge in [0.25, 0.3) is 11.1 Å². The minimum absolute atomic E-state index is 0.0224. The van der Waals surface area contributed by atoms with Crippen LogP contribution in [-0.2, 0) is 21.5 Å². The molecule has 0 spiro atoms. The van der Waals surface area contributed by atoms with E-state index in [9.17, 15) is 18.0 Å². The molecule has 0 aliphatic carbocycles. The van der Waals surface area contributed by atoms with Crippen molar-refractivity contribution in [2.45, 2.75) is 11.4 Å². The maximum atomic E-state index is 13.0. The molecule has 0 unspecified atom stereocenters. The minimum Gasteiger partial charge on any atom is -0.378 e. The zero-order valence-electron chi connectivity index (χ0n) is 18.3. The van der Waals surface area contributed by atoms with E-state index in [1.165, 1.54) is 23.1 Å². The molecular weight excluding hydrogens is 482 g/mol. The molecule has 174 valence electrons. The second-order valence-corrected chi connectivity index (χ2v) is 10.4. The van der Waals surface area contributed by atoms with E-state index in [4.69, 9.17) is 4.18 Å². The summed E-state index contributed by atoms with van der Waals surface area (Å²) >= 11 is 0.814. The fourth-order valence-corrected chi connectivity index (χ4v) is 5.53. The molecule has 4 aromatic rings. The van der Waals surface area contributed by atoms with Gasteiger partial charge in [-0.25, -0.2) is 0 Å². The lowest BCUT2D eigenvalue weighted by Gasteiger charge is -2.12. The largest absolute Gasteiger partial charge is 0.378 e. The molecule has 1 aliphatic rings. The Bertz CT molecular complexity index is 1580. The quantitative estimate of drug-likeness (QED) is 0.244. The van der Waals surface area contributed by atoms with Crippen molar-refractivity contribution in [3.63, 3.8) is 0 Å². The van der Waals surface area contributed by atoms with E-state index in [0.29, 0.717) is 5.56 Å². The first-order chi connectivity index (χ1) is 16.9. The third-order valence-electron chi connectivity index (χ3n) is 5.47. The number of fused-ring (bicyclic) bond motifs is 1. The summed E-state index contributed by atoms with van der Waals surface area (Å²) in [4.78, 5) is 26.8. The molecule has 0 bridgehead atoms. The number of carbonyl (C=O) groups is 2. The zero-order chi connectivity index (χ0) is 24.4. The Hall–Kier alpha value is -3.88. The average molecular weight is 502 g/mol. The van der Waals surface area contributed by atoms with E-state index in [2.05, 4.69) is 0 Å². The number of amides is 2. The van der Waals surface area contributed by atoms with Crippen LogP contribution >= 0.6 is 11.8 Å². The normalized spacial score (nSPS) is 15.2. The molecule has 0 N–H and O–H groups in total. The summed E-state index contributed by atoms with van der Waals surface area (Å²) in [5, 5.41) is 1.31. The predicted octanol–water partition coefficient (Wildman–Crippen LogP) is 5.84. The van der Waals surface area contributed by atoms with Gasteiger partial charge in [0.15, 0.2) is 0 Å². The number of nitrogens with zero attached hydrogens (tertiary/aromatic N) is 1. The highest BCUT2D eigenvalue weighted by Gasteiger charge is 2.35. The lowest BCUT2D eigenvalue weighted by atomic mass is 10.1. The number of hydrogen-bond donors (Lipinski definition) is 0. The van der Waals surface area contributed by atoms with Crippen molar-refractivity contribution in [3.8, 4) is 5.75 Å². The summed E-state index contributed by atoms with van der Waals surface area (Å²) in [6.45, 7) is 0.164. The minimum atomic E-state index is -4.14. The van der Waals surface area contributed by atoms with Gasteiger partial charge in [-0.15, -0.1) is 0 Å². The first-order valence-corrected chi connectivity index (χ1v) is 12.9. The number of imide groups is 1. The van der Waals surface area contributed by atoms with Gasteiger partial charge in [-0.1, -0.05) is 78.9 Å². The Labute approximate surface area is 207 Å². The molecule has 35 heavy (non-hydrogen) atoms. The van der Waals surface area contributed by atoms with Crippen LogP contribution in [0.4, 0.5) is 4.79 Å². The maximum Gasteiger partial charge on any atom is 0.339 e. The number of rotatable bonds is 6. The second-order valence-electron chi connectivity index (χ2n) is 7.84. The van der Waals surface area contributed by atoms with Crippen LogP contribution in [0.25, 0.3) is 16.8 Å². The number of carbonyl (C=O) groups excluding carboxylic acids is 2. The van der Waals surface area contributed by atoms with Gasteiger partial charge in [0.05, 0.1) is 11.4 Å². The van der Waals surface area contributed by atoms with Gasteiger partial charge < -0.3 is 4.18 Å². The van der Waals surface area contributed by atoms with Crippen molar-refractivity contribution < 1.29 is 22.2 Å². The summed E-state index contributed by atoms with van der Waals surface area (Å²) in [6.07, 6.45) is 1.49. The summed E-state index contributed by atoms with van der Waals surface area (Å²) < 4.78 is 31.5. The van der Waals surface area contributed by atoms with Crippen LogP contribution < -0.4 is 4.18 Å². The fraction of sp³-hybridized carbons (Fsp3) is 0.0370. The average Bonchev–Trinajstić information content (AvgIpc) is 3.12. The van der Waals surface area contributed by atoms with E-state index in [-0.39, 0.29) is 27.3 Å². The Kier molecular flexibility index (Phi) is 6.15. The standard InChI is InChI=1S/C27H19NO5S2/c29-26-25(34-27(30)28(26)18-19-8-2-1-3-9-19)17-22-12-6-7-13-24(22)33-35(31,32)23-15-14-20-10-4-5-11-21(20)16-23/h1-17H,18H2/b25-17-. The molecule has 6 nitrogen and oxygen atoms in total. The zero-order valence-corrected chi connectivity index (χ0v) is 20.0. The van der Waals surface area contributed by atoms with Crippen LogP contribution in [0.5, 0.6) is 5.75 Å². The molecule has 0 atom stereocenters. The number of hydrogen-bond acceptors (Lipinski definition) is 6. The topological polar surface area (TPSA) is 80.8 Å². The Balaban J connectivity index is 1.42. The molecule has 0 radical (unpaired) electrons. The highest BCUT2D eigenvalue weighted by molar-refractivity contribution is 8.18. The van der Waals surface area contributed by atoms with Crippen molar-refractivity contribution in [2.75, 3.05) is 0 Å². The van der Waals surface area contributed by atoms with E-state index in [1.54, 1.807) is 30.3 Å². The molecular formula is C27H19NO5S2. The van der Waals surface area contributed by atoms with Gasteiger partial charge in [-0.3, -0.25) is 14.5 Å². The third kappa shape index (κ3) is 4.84. The molecule has 2 amide bonds. The molecule has 5 rings (SSSR count). The number of benzene rings is 4. The molecule has 1 saturated heterocycles. The number of thioether (sulfide) groups is 1. The van der Waals surface area contributed by atoms with Gasteiger partial charge in [0, 0.05) is 5.56 Å². The third-order valence-corrected chi connectivity index (χ3v) is 7.61. The summed E-state index contributed by atoms with van der Waals surface area (Å²) in [6, 6.07) is 27.9. The van der Waals surface area contributed by atoms with Crippen molar-refractivity contribution in [2.24, 2.45) is 0 Å². The van der Waals surface area contributed by atoms with Crippen molar-refractivity contribution in [1.29, 1.82) is 0 Å². The van der Waals surface area contributed by atoms with E-state index < -0.39 is 16.0 Å². The lowest BCUT2D eigenvalue weighted by molar-refractivity contribution is -0.123. The summed E-state index contributed by atoms with van der Waals surface area (Å²) in [5.41, 5.74) is 1.21. The van der Waals surface area contributed by atoms with E-state index >= 15 is 0 Å². The van der Waals surface area contributed by atoms with Crippen LogP contribution in [0, 0.1) is 0 Å². The van der Waals surface area contributed by atoms with Crippen molar-refractivity contribution >= 4 is 49.9 Å². The van der Waals surface area contributed by atoms with Gasteiger partial charge in [0.2, 0.25) is 0 Å². The smallest absolute Gasteiger partial charge is 0.339 e. The predicted molar refractivity (Wildman–Crippen MR) is 136 cm³/mol. The summed E-state index contributed by atoms with van der Waals surface area (Å²) in [5.74, 6) is -0.369.